The maximum atomic E-state index is 11.7. The third kappa shape index (κ3) is 5.95. The van der Waals surface area contributed by atoms with Crippen molar-refractivity contribution in [2.45, 2.75) is 65.2 Å². The summed E-state index contributed by atoms with van der Waals surface area (Å²) in [6.45, 7) is 4.43. The van der Waals surface area contributed by atoms with Gasteiger partial charge in [0.15, 0.2) is 0 Å². The Morgan fingerprint density at radius 3 is 2.45 bits per heavy atom. The summed E-state index contributed by atoms with van der Waals surface area (Å²) in [6, 6.07) is 1.90. The third-order valence-corrected chi connectivity index (χ3v) is 4.36. The topological polar surface area (TPSA) is 52.3 Å². The van der Waals surface area contributed by atoms with Crippen LogP contribution in [0.2, 0.25) is 0 Å². The van der Waals surface area contributed by atoms with E-state index in [0.717, 1.165) is 6.42 Å². The van der Waals surface area contributed by atoms with E-state index in [1.165, 1.54) is 61.2 Å². The van der Waals surface area contributed by atoms with Gasteiger partial charge in [0.2, 0.25) is 0 Å². The summed E-state index contributed by atoms with van der Waals surface area (Å²) in [7, 11) is 0. The van der Waals surface area contributed by atoms with Crippen molar-refractivity contribution in [3.8, 4) is 0 Å². The van der Waals surface area contributed by atoms with Gasteiger partial charge in [-0.1, -0.05) is 45.4 Å². The lowest BCUT2D eigenvalue weighted by Gasteiger charge is -2.00. The Kier molecular flexibility index (Phi) is 8.35. The first-order valence-electron chi connectivity index (χ1n) is 7.74. The molecule has 0 aromatic carbocycles. The summed E-state index contributed by atoms with van der Waals surface area (Å²) in [5, 5.41) is 0.585. The molecule has 0 bridgehead atoms. The van der Waals surface area contributed by atoms with Gasteiger partial charge in [0.1, 0.15) is 5.00 Å². The molecule has 3 nitrogen and oxygen atoms in total. The number of hydrogen-bond donors (Lipinski definition) is 1. The average Bonchev–Trinajstić information content (AvgIpc) is 2.79. The lowest BCUT2D eigenvalue weighted by atomic mass is 10.1. The van der Waals surface area contributed by atoms with E-state index < -0.39 is 0 Å². The van der Waals surface area contributed by atoms with E-state index in [9.17, 15) is 4.79 Å². The standard InChI is InChI=1S/C16H27NO2S/c1-3-5-6-7-8-9-10-11-13-12-14(15(17)20-13)16(18)19-4-2/h12H,3-11,17H2,1-2H3. The van der Waals surface area contributed by atoms with Crippen LogP contribution in [0.3, 0.4) is 0 Å². The second-order valence-electron chi connectivity index (χ2n) is 5.08. The number of ether oxygens (including phenoxy) is 1. The quantitative estimate of drug-likeness (QED) is 0.498. The number of unbranched alkanes of at least 4 members (excludes halogenated alkanes) is 6. The van der Waals surface area contributed by atoms with Gasteiger partial charge >= 0.3 is 5.97 Å². The number of carbonyl (C=O) groups excluding carboxylic acids is 1. The smallest absolute Gasteiger partial charge is 0.341 e. The molecule has 20 heavy (non-hydrogen) atoms. The first kappa shape index (κ1) is 17.0. The molecule has 0 radical (unpaired) electrons. The van der Waals surface area contributed by atoms with Crippen LogP contribution in [-0.4, -0.2) is 12.6 Å². The maximum absolute atomic E-state index is 11.7. The minimum atomic E-state index is -0.299. The molecule has 0 aliphatic rings. The van der Waals surface area contributed by atoms with Gasteiger partial charge in [-0.05, 0) is 25.8 Å². The summed E-state index contributed by atoms with van der Waals surface area (Å²) in [4.78, 5) is 12.9. The van der Waals surface area contributed by atoms with E-state index in [1.54, 1.807) is 6.92 Å². The van der Waals surface area contributed by atoms with Crippen molar-refractivity contribution in [3.05, 3.63) is 16.5 Å². The van der Waals surface area contributed by atoms with Crippen LogP contribution in [0.4, 0.5) is 5.00 Å². The monoisotopic (exact) mass is 297 g/mol. The Hall–Kier alpha value is -1.03. The Labute approximate surface area is 126 Å². The number of anilines is 1. The molecule has 0 aliphatic carbocycles. The zero-order valence-corrected chi connectivity index (χ0v) is 13.6. The minimum Gasteiger partial charge on any atom is -0.462 e. The van der Waals surface area contributed by atoms with Crippen LogP contribution in [0, 0.1) is 0 Å². The van der Waals surface area contributed by atoms with Gasteiger partial charge in [0.05, 0.1) is 12.2 Å². The van der Waals surface area contributed by atoms with Crippen molar-refractivity contribution >= 4 is 22.3 Å². The number of hydrogen-bond acceptors (Lipinski definition) is 4. The highest BCUT2D eigenvalue weighted by molar-refractivity contribution is 7.16. The van der Waals surface area contributed by atoms with Gasteiger partial charge in [-0.15, -0.1) is 11.3 Å². The molecular formula is C16H27NO2S. The van der Waals surface area contributed by atoms with E-state index >= 15 is 0 Å². The van der Waals surface area contributed by atoms with Crippen LogP contribution in [0.15, 0.2) is 6.07 Å². The molecule has 2 N–H and O–H groups in total. The Morgan fingerprint density at radius 2 is 1.80 bits per heavy atom. The zero-order valence-electron chi connectivity index (χ0n) is 12.7. The predicted molar refractivity (Wildman–Crippen MR) is 86.4 cm³/mol. The molecule has 0 atom stereocenters. The molecule has 1 rings (SSSR count). The van der Waals surface area contributed by atoms with Crippen LogP contribution >= 0.6 is 11.3 Å². The number of carbonyl (C=O) groups is 1. The molecule has 0 fully saturated rings. The fraction of sp³-hybridized carbons (Fsp3) is 0.688. The molecule has 0 unspecified atom stereocenters. The van der Waals surface area contributed by atoms with Crippen molar-refractivity contribution in [1.82, 2.24) is 0 Å². The fourth-order valence-corrected chi connectivity index (χ4v) is 3.16. The van der Waals surface area contributed by atoms with Crippen molar-refractivity contribution < 1.29 is 9.53 Å². The molecule has 0 saturated heterocycles. The Morgan fingerprint density at radius 1 is 1.15 bits per heavy atom. The molecule has 0 aliphatic heterocycles. The van der Waals surface area contributed by atoms with Gasteiger partial charge in [-0.2, -0.15) is 0 Å². The van der Waals surface area contributed by atoms with E-state index in [-0.39, 0.29) is 5.97 Å². The van der Waals surface area contributed by atoms with E-state index in [1.807, 2.05) is 6.07 Å². The molecule has 0 amide bonds. The molecule has 1 heterocycles. The summed E-state index contributed by atoms with van der Waals surface area (Å²) in [6.07, 6.45) is 10.1. The third-order valence-electron chi connectivity index (χ3n) is 3.33. The number of thiophene rings is 1. The second kappa shape index (κ2) is 9.81. The minimum absolute atomic E-state index is 0.299. The number of aryl methyl sites for hydroxylation is 1. The number of rotatable bonds is 10. The van der Waals surface area contributed by atoms with Crippen molar-refractivity contribution in [2.75, 3.05) is 12.3 Å². The van der Waals surface area contributed by atoms with E-state index in [2.05, 4.69) is 6.92 Å². The van der Waals surface area contributed by atoms with Crippen LogP contribution in [0.1, 0.15) is 74.0 Å². The molecule has 0 saturated carbocycles. The highest BCUT2D eigenvalue weighted by Gasteiger charge is 2.14. The fourth-order valence-electron chi connectivity index (χ4n) is 2.21. The summed E-state index contributed by atoms with van der Waals surface area (Å²) in [5.74, 6) is -0.299. The van der Waals surface area contributed by atoms with Gasteiger partial charge < -0.3 is 10.5 Å². The maximum Gasteiger partial charge on any atom is 0.341 e. The number of nitrogen functional groups attached to an aromatic ring is 1. The van der Waals surface area contributed by atoms with Gasteiger partial charge in [-0.3, -0.25) is 0 Å². The predicted octanol–water partition coefficient (Wildman–Crippen LogP) is 4.80. The van der Waals surface area contributed by atoms with Crippen molar-refractivity contribution in [1.29, 1.82) is 0 Å². The van der Waals surface area contributed by atoms with Crippen LogP contribution < -0.4 is 5.73 Å². The molecule has 0 spiro atoms. The van der Waals surface area contributed by atoms with Gasteiger partial charge in [0, 0.05) is 4.88 Å². The molecular weight excluding hydrogens is 270 g/mol. The first-order valence-corrected chi connectivity index (χ1v) is 8.56. The molecule has 4 heteroatoms. The Bertz CT molecular complexity index is 401. The van der Waals surface area contributed by atoms with Crippen molar-refractivity contribution in [2.24, 2.45) is 0 Å². The summed E-state index contributed by atoms with van der Waals surface area (Å²) in [5.41, 5.74) is 6.41. The molecule has 1 aromatic rings. The first-order chi connectivity index (χ1) is 9.69. The molecule has 114 valence electrons. The zero-order chi connectivity index (χ0) is 14.8. The highest BCUT2D eigenvalue weighted by atomic mass is 32.1. The lowest BCUT2D eigenvalue weighted by Crippen LogP contribution is -2.05. The normalized spacial score (nSPS) is 10.7. The van der Waals surface area contributed by atoms with Gasteiger partial charge in [0.25, 0.3) is 0 Å². The van der Waals surface area contributed by atoms with Crippen LogP contribution in [0.5, 0.6) is 0 Å². The number of esters is 1. The van der Waals surface area contributed by atoms with Gasteiger partial charge in [-0.25, -0.2) is 4.79 Å². The largest absolute Gasteiger partial charge is 0.462 e. The average molecular weight is 297 g/mol. The van der Waals surface area contributed by atoms with Crippen molar-refractivity contribution in [3.63, 3.8) is 0 Å². The second-order valence-corrected chi connectivity index (χ2v) is 6.25. The molecule has 1 aromatic heterocycles. The van der Waals surface area contributed by atoms with Crippen LogP contribution in [0.25, 0.3) is 0 Å². The van der Waals surface area contributed by atoms with E-state index in [4.69, 9.17) is 10.5 Å². The SMILES string of the molecule is CCCCCCCCCc1cc(C(=O)OCC)c(N)s1. The highest BCUT2D eigenvalue weighted by Crippen LogP contribution is 2.27. The van der Waals surface area contributed by atoms with E-state index in [0.29, 0.717) is 17.2 Å². The summed E-state index contributed by atoms with van der Waals surface area (Å²) < 4.78 is 4.99. The lowest BCUT2D eigenvalue weighted by molar-refractivity contribution is 0.0528. The summed E-state index contributed by atoms with van der Waals surface area (Å²) >= 11 is 1.52. The number of nitrogens with two attached hydrogens (primary N) is 1. The van der Waals surface area contributed by atoms with Crippen LogP contribution in [-0.2, 0) is 11.2 Å². The Balaban J connectivity index is 2.27.